The largest absolute Gasteiger partial charge is 0.497 e. The molecule has 3 atom stereocenters. The Morgan fingerprint density at radius 1 is 1.29 bits per heavy atom. The lowest BCUT2D eigenvalue weighted by Gasteiger charge is -2.15. The van der Waals surface area contributed by atoms with Crippen molar-refractivity contribution in [2.45, 2.75) is 32.2 Å². The Balaban J connectivity index is 2.55. The van der Waals surface area contributed by atoms with E-state index in [-0.39, 0.29) is 12.2 Å². The molecule has 4 heteroatoms. The first-order valence-electron chi connectivity index (χ1n) is 5.67. The lowest BCUT2D eigenvalue weighted by molar-refractivity contribution is -0.0477. The molecule has 0 spiro atoms. The van der Waals surface area contributed by atoms with Gasteiger partial charge in [0, 0.05) is 11.6 Å². The van der Waals surface area contributed by atoms with Crippen molar-refractivity contribution >= 4 is 0 Å². The summed E-state index contributed by atoms with van der Waals surface area (Å²) in [7, 11) is 3.23. The summed E-state index contributed by atoms with van der Waals surface area (Å²) in [5.41, 5.74) is 1.95. The molecule has 0 amide bonds. The average molecular weight is 238 g/mol. The average Bonchev–Trinajstić information content (AvgIpc) is 2.66. The highest BCUT2D eigenvalue weighted by Gasteiger charge is 2.35. The van der Waals surface area contributed by atoms with E-state index in [4.69, 9.17) is 14.2 Å². The van der Waals surface area contributed by atoms with Gasteiger partial charge in [0.2, 0.25) is 0 Å². The highest BCUT2D eigenvalue weighted by Crippen LogP contribution is 2.46. The molecule has 1 aromatic rings. The van der Waals surface area contributed by atoms with Crippen LogP contribution in [0.2, 0.25) is 0 Å². The van der Waals surface area contributed by atoms with E-state index in [1.165, 1.54) is 0 Å². The van der Waals surface area contributed by atoms with E-state index in [1.54, 1.807) is 21.1 Å². The van der Waals surface area contributed by atoms with Gasteiger partial charge in [-0.25, -0.2) is 0 Å². The Hall–Kier alpha value is -1.26. The Kier molecular flexibility index (Phi) is 3.26. The number of aliphatic hydroxyl groups is 1. The number of hydrogen-bond acceptors (Lipinski definition) is 4. The van der Waals surface area contributed by atoms with Gasteiger partial charge in [0.25, 0.3) is 0 Å². The Morgan fingerprint density at radius 3 is 2.53 bits per heavy atom. The van der Waals surface area contributed by atoms with E-state index in [1.807, 2.05) is 19.1 Å². The minimum Gasteiger partial charge on any atom is -0.497 e. The van der Waals surface area contributed by atoms with E-state index in [9.17, 15) is 5.11 Å². The van der Waals surface area contributed by atoms with Crippen molar-refractivity contribution < 1.29 is 19.3 Å². The van der Waals surface area contributed by atoms with Crippen LogP contribution in [0.1, 0.15) is 37.2 Å². The quantitative estimate of drug-likeness (QED) is 0.877. The van der Waals surface area contributed by atoms with Crippen molar-refractivity contribution in [2.75, 3.05) is 14.2 Å². The van der Waals surface area contributed by atoms with E-state index in [0.29, 0.717) is 5.75 Å². The second-order valence-corrected chi connectivity index (χ2v) is 4.27. The molecule has 1 aliphatic heterocycles. The smallest absolute Gasteiger partial charge is 0.128 e. The molecule has 0 aromatic heterocycles. The van der Waals surface area contributed by atoms with Crippen LogP contribution in [-0.4, -0.2) is 25.4 Å². The molecule has 1 aromatic carbocycles. The summed E-state index contributed by atoms with van der Waals surface area (Å²) < 4.78 is 16.3. The van der Waals surface area contributed by atoms with Crippen molar-refractivity contribution in [2.24, 2.45) is 0 Å². The van der Waals surface area contributed by atoms with Gasteiger partial charge in [-0.3, -0.25) is 0 Å². The van der Waals surface area contributed by atoms with Crippen LogP contribution in [0.4, 0.5) is 0 Å². The van der Waals surface area contributed by atoms with Gasteiger partial charge in [-0.1, -0.05) is 0 Å². The predicted octanol–water partition coefficient (Wildman–Crippen LogP) is 2.22. The van der Waals surface area contributed by atoms with E-state index in [2.05, 4.69) is 0 Å². The monoisotopic (exact) mass is 238 g/mol. The molecule has 0 saturated heterocycles. The molecular formula is C13H18O4. The van der Waals surface area contributed by atoms with Crippen molar-refractivity contribution in [3.63, 3.8) is 0 Å². The van der Waals surface area contributed by atoms with Crippen molar-refractivity contribution in [1.82, 2.24) is 0 Å². The number of hydrogen-bond donors (Lipinski definition) is 1. The molecule has 0 bridgehead atoms. The molecule has 0 unspecified atom stereocenters. The zero-order valence-corrected chi connectivity index (χ0v) is 10.6. The fourth-order valence-electron chi connectivity index (χ4n) is 2.31. The topological polar surface area (TPSA) is 47.9 Å². The molecule has 2 rings (SSSR count). The molecule has 1 N–H and O–H groups in total. The first kappa shape index (κ1) is 12.2. The third kappa shape index (κ3) is 1.98. The van der Waals surface area contributed by atoms with E-state index >= 15 is 0 Å². The molecule has 0 saturated carbocycles. The third-order valence-electron chi connectivity index (χ3n) is 3.11. The predicted molar refractivity (Wildman–Crippen MR) is 63.5 cm³/mol. The zero-order valence-electron chi connectivity index (χ0n) is 10.6. The minimum atomic E-state index is -0.560. The van der Waals surface area contributed by atoms with E-state index in [0.717, 1.165) is 16.9 Å². The van der Waals surface area contributed by atoms with Crippen LogP contribution in [0.5, 0.6) is 11.5 Å². The third-order valence-corrected chi connectivity index (χ3v) is 3.11. The van der Waals surface area contributed by atoms with Crippen LogP contribution in [0, 0.1) is 0 Å². The van der Waals surface area contributed by atoms with Crippen molar-refractivity contribution in [1.29, 1.82) is 0 Å². The number of aliphatic hydroxyl groups excluding tert-OH is 1. The summed E-state index contributed by atoms with van der Waals surface area (Å²) in [6, 6.07) is 3.74. The normalized spacial score (nSPS) is 24.3. The standard InChI is InChI=1S/C13H18O4/c1-7(14)13-10-5-9(15-3)6-11(16-4)12(10)8(2)17-13/h5-8,13-14H,1-4H3/t7-,8+,13+/m1/s1. The Labute approximate surface area is 101 Å². The van der Waals surface area contributed by atoms with Crippen LogP contribution in [-0.2, 0) is 4.74 Å². The summed E-state index contributed by atoms with van der Waals surface area (Å²) >= 11 is 0. The molecule has 94 valence electrons. The summed E-state index contributed by atoms with van der Waals surface area (Å²) in [6.07, 6.45) is -0.954. The van der Waals surface area contributed by atoms with Gasteiger partial charge in [-0.2, -0.15) is 0 Å². The van der Waals surface area contributed by atoms with Gasteiger partial charge in [0.15, 0.2) is 0 Å². The van der Waals surface area contributed by atoms with Crippen LogP contribution >= 0.6 is 0 Å². The number of rotatable bonds is 3. The number of fused-ring (bicyclic) bond motifs is 1. The number of ether oxygens (including phenoxy) is 3. The maximum atomic E-state index is 9.74. The number of benzene rings is 1. The molecular weight excluding hydrogens is 220 g/mol. The Morgan fingerprint density at radius 2 is 2.00 bits per heavy atom. The van der Waals surface area contributed by atoms with Crippen LogP contribution in [0.25, 0.3) is 0 Å². The molecule has 0 fully saturated rings. The lowest BCUT2D eigenvalue weighted by Crippen LogP contribution is -2.13. The Bertz CT molecular complexity index is 414. The summed E-state index contributed by atoms with van der Waals surface area (Å²) in [5.74, 6) is 1.46. The summed E-state index contributed by atoms with van der Waals surface area (Å²) in [6.45, 7) is 3.68. The maximum absolute atomic E-state index is 9.74. The molecule has 1 heterocycles. The maximum Gasteiger partial charge on any atom is 0.128 e. The van der Waals surface area contributed by atoms with Gasteiger partial charge < -0.3 is 19.3 Å². The number of methoxy groups -OCH3 is 2. The zero-order chi connectivity index (χ0) is 12.6. The molecule has 4 nitrogen and oxygen atoms in total. The first-order chi connectivity index (χ1) is 8.08. The molecule has 1 aliphatic rings. The lowest BCUT2D eigenvalue weighted by atomic mass is 9.98. The van der Waals surface area contributed by atoms with Gasteiger partial charge in [0.1, 0.15) is 17.6 Å². The molecule has 0 radical (unpaired) electrons. The minimum absolute atomic E-state index is 0.0783. The van der Waals surface area contributed by atoms with Gasteiger partial charge >= 0.3 is 0 Å². The molecule has 17 heavy (non-hydrogen) atoms. The fourth-order valence-corrected chi connectivity index (χ4v) is 2.31. The highest BCUT2D eigenvalue weighted by atomic mass is 16.5. The van der Waals surface area contributed by atoms with Crippen LogP contribution < -0.4 is 9.47 Å². The summed E-state index contributed by atoms with van der Waals surface area (Å²) in [4.78, 5) is 0. The fraction of sp³-hybridized carbons (Fsp3) is 0.538. The van der Waals surface area contributed by atoms with Crippen LogP contribution in [0.15, 0.2) is 12.1 Å². The van der Waals surface area contributed by atoms with Crippen molar-refractivity contribution in [3.8, 4) is 11.5 Å². The highest BCUT2D eigenvalue weighted by molar-refractivity contribution is 5.50. The SMILES string of the molecule is COc1cc(OC)c2c(c1)[C@H]([C@@H](C)O)O[C@H]2C. The van der Waals surface area contributed by atoms with E-state index < -0.39 is 6.10 Å². The molecule has 0 aliphatic carbocycles. The second kappa shape index (κ2) is 4.55. The summed E-state index contributed by atoms with van der Waals surface area (Å²) in [5, 5.41) is 9.74. The van der Waals surface area contributed by atoms with Gasteiger partial charge in [0.05, 0.1) is 26.4 Å². The van der Waals surface area contributed by atoms with Crippen LogP contribution in [0.3, 0.4) is 0 Å². The van der Waals surface area contributed by atoms with Crippen molar-refractivity contribution in [3.05, 3.63) is 23.3 Å². The van der Waals surface area contributed by atoms with Gasteiger partial charge in [-0.15, -0.1) is 0 Å². The van der Waals surface area contributed by atoms with Gasteiger partial charge in [-0.05, 0) is 25.5 Å². The second-order valence-electron chi connectivity index (χ2n) is 4.27. The first-order valence-corrected chi connectivity index (χ1v) is 5.67.